The zero-order valence-corrected chi connectivity index (χ0v) is 9.26. The Hall–Kier alpha value is -0.670. The third-order valence-electron chi connectivity index (χ3n) is 2.00. The fraction of sp³-hybridized carbons (Fsp3) is 0.300. The quantitative estimate of drug-likeness (QED) is 0.737. The molecule has 4 heteroatoms. The third-order valence-corrected chi connectivity index (χ3v) is 3.42. The topological polar surface area (TPSA) is 15.6 Å². The summed E-state index contributed by atoms with van der Waals surface area (Å²) in [6.45, 7) is 1.92. The molecule has 2 nitrogen and oxygen atoms in total. The van der Waals surface area contributed by atoms with E-state index >= 15 is 0 Å². The van der Waals surface area contributed by atoms with Crippen LogP contribution < -0.4 is 0 Å². The minimum atomic E-state index is 0.844. The molecular formula is C10H11ClN2S. The summed E-state index contributed by atoms with van der Waals surface area (Å²) in [6.07, 6.45) is 1.89. The molecule has 1 aromatic carbocycles. The van der Waals surface area contributed by atoms with Crippen LogP contribution in [0, 0.1) is 0 Å². The van der Waals surface area contributed by atoms with Crippen molar-refractivity contribution in [3.8, 4) is 0 Å². The van der Waals surface area contributed by atoms with E-state index < -0.39 is 0 Å². The van der Waals surface area contributed by atoms with Gasteiger partial charge in [-0.25, -0.2) is 0 Å². The molecule has 0 saturated heterocycles. The molecule has 14 heavy (non-hydrogen) atoms. The lowest BCUT2D eigenvalue weighted by Gasteiger charge is -2.12. The number of rotatable bonds is 3. The van der Waals surface area contributed by atoms with Crippen LogP contribution in [0.5, 0.6) is 0 Å². The Balaban J connectivity index is 1.91. The molecular weight excluding hydrogens is 216 g/mol. The molecule has 0 aromatic heterocycles. The Morgan fingerprint density at radius 1 is 1.43 bits per heavy atom. The number of hydrogen-bond donors (Lipinski definition) is 0. The van der Waals surface area contributed by atoms with Crippen molar-refractivity contribution in [1.29, 1.82) is 0 Å². The number of halogens is 1. The van der Waals surface area contributed by atoms with Gasteiger partial charge in [-0.05, 0) is 23.6 Å². The summed E-state index contributed by atoms with van der Waals surface area (Å²) in [4.78, 5) is 4.15. The molecule has 0 aliphatic carbocycles. The predicted octanol–water partition coefficient (Wildman–Crippen LogP) is 2.83. The average Bonchev–Trinajstić information content (AvgIpc) is 2.69. The van der Waals surface area contributed by atoms with E-state index in [1.165, 1.54) is 5.56 Å². The van der Waals surface area contributed by atoms with Gasteiger partial charge in [0.05, 0.1) is 19.4 Å². The van der Waals surface area contributed by atoms with Crippen molar-refractivity contribution in [2.45, 2.75) is 5.75 Å². The van der Waals surface area contributed by atoms with Gasteiger partial charge in [-0.2, -0.15) is 0 Å². The molecule has 0 N–H and O–H groups in total. The maximum atomic E-state index is 6.04. The molecule has 0 unspecified atom stereocenters. The summed E-state index contributed by atoms with van der Waals surface area (Å²) < 4.78 is 2.14. The highest BCUT2D eigenvalue weighted by Gasteiger charge is 2.07. The highest BCUT2D eigenvalue weighted by atomic mass is 35.5. The van der Waals surface area contributed by atoms with Gasteiger partial charge < -0.3 is 4.31 Å². The second-order valence-electron chi connectivity index (χ2n) is 3.03. The number of aliphatic imine (C=N–C) groups is 1. The van der Waals surface area contributed by atoms with Gasteiger partial charge in [0.1, 0.15) is 0 Å². The maximum absolute atomic E-state index is 6.04. The lowest BCUT2D eigenvalue weighted by molar-refractivity contribution is 0.747. The summed E-state index contributed by atoms with van der Waals surface area (Å²) >= 11 is 7.80. The average molecular weight is 227 g/mol. The van der Waals surface area contributed by atoms with Gasteiger partial charge in [0, 0.05) is 10.8 Å². The first-order valence-electron chi connectivity index (χ1n) is 4.49. The zero-order chi connectivity index (χ0) is 9.80. The van der Waals surface area contributed by atoms with E-state index in [9.17, 15) is 0 Å². The summed E-state index contributed by atoms with van der Waals surface area (Å²) in [5.41, 5.74) is 1.18. The normalized spacial score (nSPS) is 15.1. The van der Waals surface area contributed by atoms with Crippen LogP contribution in [0.3, 0.4) is 0 Å². The Morgan fingerprint density at radius 3 is 3.00 bits per heavy atom. The van der Waals surface area contributed by atoms with E-state index in [1.54, 1.807) is 11.9 Å². The van der Waals surface area contributed by atoms with Crippen molar-refractivity contribution in [1.82, 2.24) is 4.31 Å². The third kappa shape index (κ3) is 2.42. The largest absolute Gasteiger partial charge is 0.305 e. The molecule has 0 amide bonds. The zero-order valence-electron chi connectivity index (χ0n) is 7.69. The van der Waals surface area contributed by atoms with Crippen LogP contribution in [0.2, 0.25) is 5.02 Å². The van der Waals surface area contributed by atoms with Crippen LogP contribution in [-0.2, 0) is 5.75 Å². The van der Waals surface area contributed by atoms with Crippen LogP contribution in [0.4, 0.5) is 0 Å². The van der Waals surface area contributed by atoms with Gasteiger partial charge in [0.2, 0.25) is 0 Å². The standard InChI is InChI=1S/C10H11ClN2S/c11-10-4-2-1-3-9(10)7-14-13-6-5-12-8-13/h1-4,8H,5-7H2. The summed E-state index contributed by atoms with van der Waals surface area (Å²) in [6, 6.07) is 7.95. The van der Waals surface area contributed by atoms with Crippen molar-refractivity contribution < 1.29 is 0 Å². The SMILES string of the molecule is Clc1ccccc1CSN1C=NCC1. The molecule has 0 saturated carbocycles. The van der Waals surface area contributed by atoms with E-state index in [4.69, 9.17) is 11.6 Å². The fourth-order valence-electron chi connectivity index (χ4n) is 1.23. The first kappa shape index (κ1) is 9.87. The van der Waals surface area contributed by atoms with Gasteiger partial charge in [0.25, 0.3) is 0 Å². The van der Waals surface area contributed by atoms with E-state index in [0.29, 0.717) is 0 Å². The summed E-state index contributed by atoms with van der Waals surface area (Å²) in [7, 11) is 0. The second kappa shape index (κ2) is 4.71. The smallest absolute Gasteiger partial charge is 0.0950 e. The first-order chi connectivity index (χ1) is 6.86. The van der Waals surface area contributed by atoms with Crippen LogP contribution in [0.25, 0.3) is 0 Å². The molecule has 0 spiro atoms. The fourth-order valence-corrected chi connectivity index (χ4v) is 2.41. The predicted molar refractivity (Wildman–Crippen MR) is 62.8 cm³/mol. The number of nitrogens with zero attached hydrogens (tertiary/aromatic N) is 2. The Morgan fingerprint density at radius 2 is 2.29 bits per heavy atom. The molecule has 1 aliphatic heterocycles. The lowest BCUT2D eigenvalue weighted by atomic mass is 10.2. The van der Waals surface area contributed by atoms with Crippen LogP contribution in [0.15, 0.2) is 29.3 Å². The Bertz CT molecular complexity index is 341. The highest BCUT2D eigenvalue weighted by Crippen LogP contribution is 2.22. The van der Waals surface area contributed by atoms with Crippen molar-refractivity contribution in [2.75, 3.05) is 13.1 Å². The minimum Gasteiger partial charge on any atom is -0.305 e. The van der Waals surface area contributed by atoms with Gasteiger partial charge >= 0.3 is 0 Å². The molecule has 0 bridgehead atoms. The van der Waals surface area contributed by atoms with Crippen LogP contribution in [0.1, 0.15) is 5.56 Å². The van der Waals surface area contributed by atoms with E-state index in [-0.39, 0.29) is 0 Å². The van der Waals surface area contributed by atoms with Crippen molar-refractivity contribution in [2.24, 2.45) is 4.99 Å². The monoisotopic (exact) mass is 226 g/mol. The molecule has 0 atom stereocenters. The molecule has 1 aliphatic rings. The van der Waals surface area contributed by atoms with Gasteiger partial charge in [-0.3, -0.25) is 4.99 Å². The van der Waals surface area contributed by atoms with Crippen molar-refractivity contribution >= 4 is 29.9 Å². The molecule has 0 radical (unpaired) electrons. The van der Waals surface area contributed by atoms with E-state index in [2.05, 4.69) is 15.4 Å². The minimum absolute atomic E-state index is 0.844. The molecule has 1 aromatic rings. The highest BCUT2D eigenvalue weighted by molar-refractivity contribution is 7.96. The van der Waals surface area contributed by atoms with Crippen molar-refractivity contribution in [3.05, 3.63) is 34.9 Å². The second-order valence-corrected chi connectivity index (χ2v) is 4.45. The lowest BCUT2D eigenvalue weighted by Crippen LogP contribution is -2.10. The number of benzene rings is 1. The number of hydrogen-bond acceptors (Lipinski definition) is 3. The molecule has 1 heterocycles. The maximum Gasteiger partial charge on any atom is 0.0950 e. The van der Waals surface area contributed by atoms with Gasteiger partial charge in [-0.1, -0.05) is 29.8 Å². The molecule has 0 fully saturated rings. The van der Waals surface area contributed by atoms with Crippen LogP contribution in [-0.4, -0.2) is 23.7 Å². The van der Waals surface area contributed by atoms with E-state index in [0.717, 1.165) is 23.9 Å². The van der Waals surface area contributed by atoms with E-state index in [1.807, 2.05) is 24.5 Å². The van der Waals surface area contributed by atoms with Crippen LogP contribution >= 0.6 is 23.5 Å². The van der Waals surface area contributed by atoms with Crippen molar-refractivity contribution in [3.63, 3.8) is 0 Å². The molecule has 2 rings (SSSR count). The van der Waals surface area contributed by atoms with Gasteiger partial charge in [0.15, 0.2) is 0 Å². The Labute approximate surface area is 93.1 Å². The summed E-state index contributed by atoms with van der Waals surface area (Å²) in [5, 5.41) is 0.844. The first-order valence-corrected chi connectivity index (χ1v) is 5.81. The molecule has 74 valence electrons. The van der Waals surface area contributed by atoms with Gasteiger partial charge in [-0.15, -0.1) is 0 Å². The Kier molecular flexibility index (Phi) is 3.32. The summed E-state index contributed by atoms with van der Waals surface area (Å²) in [5.74, 6) is 0.908.